The lowest BCUT2D eigenvalue weighted by molar-refractivity contribution is -0.137. The molecule has 114 valence electrons. The van der Waals surface area contributed by atoms with E-state index in [0.717, 1.165) is 13.1 Å². The van der Waals surface area contributed by atoms with Crippen LogP contribution in [0.25, 0.3) is 0 Å². The van der Waals surface area contributed by atoms with Crippen molar-refractivity contribution >= 4 is 29.0 Å². The summed E-state index contributed by atoms with van der Waals surface area (Å²) < 4.78 is 6.21. The largest absolute Gasteiger partial charge is 0.335 e. The van der Waals surface area contributed by atoms with Crippen LogP contribution >= 0.6 is 23.2 Å². The Bertz CT molecular complexity index is 564. The summed E-state index contributed by atoms with van der Waals surface area (Å²) in [4.78, 5) is 8.76. The number of hydrogen-bond donors (Lipinski definition) is 1. The fourth-order valence-electron chi connectivity index (χ4n) is 3.97. The highest BCUT2D eigenvalue weighted by Crippen LogP contribution is 2.44. The maximum atomic E-state index is 6.27. The highest BCUT2D eigenvalue weighted by Gasteiger charge is 2.54. The lowest BCUT2D eigenvalue weighted by Gasteiger charge is -2.50. The molecule has 4 fully saturated rings. The predicted molar refractivity (Wildman–Crippen MR) is 82.6 cm³/mol. The van der Waals surface area contributed by atoms with E-state index in [1.807, 2.05) is 4.90 Å². The van der Waals surface area contributed by atoms with Crippen LogP contribution in [0.3, 0.4) is 0 Å². The van der Waals surface area contributed by atoms with E-state index >= 15 is 0 Å². The third-order valence-electron chi connectivity index (χ3n) is 4.98. The van der Waals surface area contributed by atoms with Gasteiger partial charge in [0.05, 0.1) is 16.6 Å². The van der Waals surface area contributed by atoms with Gasteiger partial charge in [-0.25, -0.2) is 4.98 Å². The summed E-state index contributed by atoms with van der Waals surface area (Å²) in [6, 6.07) is 1.69. The van der Waals surface area contributed by atoms with Crippen molar-refractivity contribution in [1.29, 1.82) is 0 Å². The van der Waals surface area contributed by atoms with Crippen molar-refractivity contribution in [3.05, 3.63) is 22.3 Å². The molecule has 7 heteroatoms. The van der Waals surface area contributed by atoms with Crippen molar-refractivity contribution < 1.29 is 4.74 Å². The average molecular weight is 329 g/mol. The number of aromatic nitrogens is 1. The van der Waals surface area contributed by atoms with E-state index in [2.05, 4.69) is 9.88 Å². The molecule has 4 aliphatic heterocycles. The summed E-state index contributed by atoms with van der Waals surface area (Å²) in [5.74, 6) is 1.23. The number of rotatable bonds is 1. The van der Waals surface area contributed by atoms with E-state index in [9.17, 15) is 0 Å². The Hall–Kier alpha value is -0.590. The zero-order valence-electron chi connectivity index (χ0n) is 11.6. The van der Waals surface area contributed by atoms with E-state index in [4.69, 9.17) is 33.7 Å². The first-order valence-electron chi connectivity index (χ1n) is 7.31. The van der Waals surface area contributed by atoms with Crippen molar-refractivity contribution in [2.75, 3.05) is 31.1 Å². The second kappa shape index (κ2) is 4.96. The molecule has 5 nitrogen and oxygen atoms in total. The van der Waals surface area contributed by atoms with Crippen LogP contribution in [0.2, 0.25) is 10.0 Å². The SMILES string of the molecule is NC1OC2(CN3CCC2CC3)CN1c1ncc(Cl)cc1Cl. The number of nitrogens with zero attached hydrogens (tertiary/aromatic N) is 3. The third-order valence-corrected chi connectivity index (χ3v) is 5.47. The highest BCUT2D eigenvalue weighted by molar-refractivity contribution is 6.36. The van der Waals surface area contributed by atoms with Crippen LogP contribution in [0.4, 0.5) is 5.82 Å². The summed E-state index contributed by atoms with van der Waals surface area (Å²) in [6.07, 6.45) is 3.46. The Labute approximate surface area is 133 Å². The summed E-state index contributed by atoms with van der Waals surface area (Å²) in [7, 11) is 0. The number of anilines is 1. The molecule has 2 bridgehead atoms. The quantitative estimate of drug-likeness (QED) is 0.853. The van der Waals surface area contributed by atoms with Gasteiger partial charge in [-0.15, -0.1) is 0 Å². The molecule has 2 N–H and O–H groups in total. The molecule has 1 spiro atoms. The molecule has 2 atom stereocenters. The first-order valence-corrected chi connectivity index (χ1v) is 8.06. The van der Waals surface area contributed by atoms with Gasteiger partial charge in [-0.2, -0.15) is 0 Å². The zero-order chi connectivity index (χ0) is 14.6. The van der Waals surface area contributed by atoms with Gasteiger partial charge >= 0.3 is 0 Å². The molecule has 4 saturated heterocycles. The number of hydrogen-bond acceptors (Lipinski definition) is 5. The minimum atomic E-state index is -0.503. The number of fused-ring (bicyclic) bond motifs is 2. The average Bonchev–Trinajstić information content (AvgIpc) is 2.76. The van der Waals surface area contributed by atoms with E-state index in [1.54, 1.807) is 12.3 Å². The fraction of sp³-hybridized carbons (Fsp3) is 0.643. The van der Waals surface area contributed by atoms with Gasteiger partial charge in [0.2, 0.25) is 0 Å². The smallest absolute Gasteiger partial charge is 0.186 e. The maximum Gasteiger partial charge on any atom is 0.186 e. The molecule has 5 heterocycles. The van der Waals surface area contributed by atoms with Crippen LogP contribution in [0.15, 0.2) is 12.3 Å². The number of ether oxygens (including phenoxy) is 1. The van der Waals surface area contributed by atoms with Crippen LogP contribution in [-0.2, 0) is 4.74 Å². The molecule has 0 radical (unpaired) electrons. The Balaban J connectivity index is 1.64. The van der Waals surface area contributed by atoms with E-state index < -0.39 is 6.35 Å². The Kier molecular flexibility index (Phi) is 3.32. The Morgan fingerprint density at radius 1 is 1.29 bits per heavy atom. The van der Waals surface area contributed by atoms with Crippen molar-refractivity contribution in [1.82, 2.24) is 9.88 Å². The summed E-state index contributed by atoms with van der Waals surface area (Å²) in [6.45, 7) is 4.03. The Morgan fingerprint density at radius 2 is 2.05 bits per heavy atom. The molecule has 5 rings (SSSR count). The van der Waals surface area contributed by atoms with E-state index in [-0.39, 0.29) is 5.60 Å². The number of piperidine rings is 3. The summed E-state index contributed by atoms with van der Waals surface area (Å²) in [5.41, 5.74) is 6.03. The molecular weight excluding hydrogens is 311 g/mol. The number of nitrogens with two attached hydrogens (primary N) is 1. The van der Waals surface area contributed by atoms with Gasteiger partial charge in [-0.1, -0.05) is 23.2 Å². The third kappa shape index (κ3) is 2.23. The first kappa shape index (κ1) is 14.0. The van der Waals surface area contributed by atoms with Crippen LogP contribution < -0.4 is 10.6 Å². The topological polar surface area (TPSA) is 54.6 Å². The highest BCUT2D eigenvalue weighted by atomic mass is 35.5. The van der Waals surface area contributed by atoms with Gasteiger partial charge < -0.3 is 14.5 Å². The standard InChI is InChI=1S/C14H18Cl2N4O/c15-10-5-11(16)12(18-6-10)20-8-14(21-13(20)17)7-19-3-1-9(14)2-4-19/h5-6,9,13H,1-4,7-8,17H2. The predicted octanol–water partition coefficient (Wildman–Crippen LogP) is 1.93. The molecule has 0 aliphatic carbocycles. The van der Waals surface area contributed by atoms with Crippen molar-refractivity contribution in [2.24, 2.45) is 11.7 Å². The van der Waals surface area contributed by atoms with Gasteiger partial charge in [0, 0.05) is 12.7 Å². The van der Waals surface area contributed by atoms with Crippen LogP contribution in [0, 0.1) is 5.92 Å². The molecule has 1 aromatic rings. The van der Waals surface area contributed by atoms with Gasteiger partial charge in [-0.05, 0) is 37.9 Å². The summed E-state index contributed by atoms with van der Waals surface area (Å²) in [5, 5.41) is 1.04. The van der Waals surface area contributed by atoms with Gasteiger partial charge in [0.1, 0.15) is 5.60 Å². The molecule has 0 amide bonds. The molecular formula is C14H18Cl2N4O. The molecule has 4 aliphatic rings. The minimum absolute atomic E-state index is 0.180. The van der Waals surface area contributed by atoms with Crippen LogP contribution in [0.5, 0.6) is 0 Å². The molecule has 2 unspecified atom stereocenters. The lowest BCUT2D eigenvalue weighted by Crippen LogP contribution is -2.61. The molecule has 0 saturated carbocycles. The Morgan fingerprint density at radius 3 is 2.67 bits per heavy atom. The van der Waals surface area contributed by atoms with Crippen LogP contribution in [-0.4, -0.2) is 48.0 Å². The number of pyridine rings is 1. The van der Waals surface area contributed by atoms with Gasteiger partial charge in [0.25, 0.3) is 0 Å². The maximum absolute atomic E-state index is 6.27. The monoisotopic (exact) mass is 328 g/mol. The first-order chi connectivity index (χ1) is 10.1. The van der Waals surface area contributed by atoms with Crippen molar-refractivity contribution in [3.63, 3.8) is 0 Å². The minimum Gasteiger partial charge on any atom is -0.335 e. The lowest BCUT2D eigenvalue weighted by atomic mass is 9.75. The molecule has 1 aromatic heterocycles. The molecule has 0 aromatic carbocycles. The van der Waals surface area contributed by atoms with Gasteiger partial charge in [0.15, 0.2) is 12.2 Å². The van der Waals surface area contributed by atoms with E-state index in [0.29, 0.717) is 21.8 Å². The second-order valence-corrected chi connectivity index (χ2v) is 7.05. The number of halogens is 2. The van der Waals surface area contributed by atoms with Gasteiger partial charge in [-0.3, -0.25) is 5.73 Å². The summed E-state index contributed by atoms with van der Waals surface area (Å²) >= 11 is 12.2. The van der Waals surface area contributed by atoms with Crippen molar-refractivity contribution in [3.8, 4) is 0 Å². The molecule has 21 heavy (non-hydrogen) atoms. The fourth-order valence-corrected chi connectivity index (χ4v) is 4.46. The normalized spacial score (nSPS) is 38.4. The van der Waals surface area contributed by atoms with Crippen molar-refractivity contribution in [2.45, 2.75) is 24.8 Å². The second-order valence-electron chi connectivity index (χ2n) is 6.21. The van der Waals surface area contributed by atoms with E-state index in [1.165, 1.54) is 25.9 Å². The zero-order valence-corrected chi connectivity index (χ0v) is 13.1. The van der Waals surface area contributed by atoms with Crippen LogP contribution in [0.1, 0.15) is 12.8 Å².